The van der Waals surface area contributed by atoms with Crippen molar-refractivity contribution in [2.24, 2.45) is 0 Å². The van der Waals surface area contributed by atoms with Crippen molar-refractivity contribution in [1.82, 2.24) is 0 Å². The Hall–Kier alpha value is 0.540. The van der Waals surface area contributed by atoms with Crippen molar-refractivity contribution in [3.05, 3.63) is 30.1 Å². The van der Waals surface area contributed by atoms with E-state index < -0.39 is 5.33 Å². The van der Waals surface area contributed by atoms with Gasteiger partial charge in [-0.05, 0) is 43.1 Å². The Morgan fingerprint density at radius 3 is 2.40 bits per heavy atom. The van der Waals surface area contributed by atoms with Crippen molar-refractivity contribution < 1.29 is 4.39 Å². The highest BCUT2D eigenvalue weighted by molar-refractivity contribution is 9.70. The van der Waals surface area contributed by atoms with Gasteiger partial charge < -0.3 is 0 Å². The molecule has 4 heteroatoms. The van der Waals surface area contributed by atoms with Crippen LogP contribution in [0.5, 0.6) is 0 Å². The van der Waals surface area contributed by atoms with Crippen LogP contribution in [0.25, 0.3) is 0 Å². The average molecular weight is 286 g/mol. The molecule has 0 bridgehead atoms. The first-order valence-electron chi connectivity index (χ1n) is 2.57. The molecular formula is C6H4Br2FP. The predicted octanol–water partition coefficient (Wildman–Crippen LogP) is 3.55. The van der Waals surface area contributed by atoms with Gasteiger partial charge in [0.25, 0.3) is 0 Å². The van der Waals surface area contributed by atoms with Crippen LogP contribution >= 0.6 is 36.3 Å². The Morgan fingerprint density at radius 2 is 2.00 bits per heavy atom. The predicted molar refractivity (Wildman–Crippen MR) is 50.8 cm³/mol. The zero-order chi connectivity index (χ0) is 7.56. The monoisotopic (exact) mass is 284 g/mol. The van der Waals surface area contributed by atoms with Crippen molar-refractivity contribution in [3.8, 4) is 0 Å². The fourth-order valence-corrected chi connectivity index (χ4v) is 2.32. The van der Waals surface area contributed by atoms with Crippen LogP contribution in [-0.2, 0) is 0 Å². The third-order valence-electron chi connectivity index (χ3n) is 1.00. The smallest absolute Gasteiger partial charge is 0.123 e. The minimum Gasteiger partial charge on any atom is -0.207 e. The molecule has 1 aromatic carbocycles. The van der Waals surface area contributed by atoms with E-state index in [1.54, 1.807) is 6.07 Å². The SMILES string of the molecule is Fc1cccc(P(Br)Br)c1. The highest BCUT2D eigenvalue weighted by atomic mass is 79.9. The summed E-state index contributed by atoms with van der Waals surface area (Å²) in [6.07, 6.45) is 0. The Kier molecular flexibility index (Phi) is 3.28. The summed E-state index contributed by atoms with van der Waals surface area (Å²) in [6, 6.07) is 6.51. The molecule has 0 unspecified atom stereocenters. The Labute approximate surface area is 76.1 Å². The highest BCUT2D eigenvalue weighted by Gasteiger charge is 2.01. The fourth-order valence-electron chi connectivity index (χ4n) is 0.581. The van der Waals surface area contributed by atoms with Gasteiger partial charge in [-0.1, -0.05) is 12.1 Å². The molecule has 1 aromatic rings. The minimum atomic E-state index is -0.527. The molecule has 0 N–H and O–H groups in total. The number of rotatable bonds is 1. The van der Waals surface area contributed by atoms with Crippen molar-refractivity contribution in [2.45, 2.75) is 0 Å². The second-order valence-corrected chi connectivity index (χ2v) is 9.81. The van der Waals surface area contributed by atoms with Crippen LogP contribution in [0.15, 0.2) is 24.3 Å². The van der Waals surface area contributed by atoms with E-state index in [0.29, 0.717) is 0 Å². The van der Waals surface area contributed by atoms with E-state index in [9.17, 15) is 4.39 Å². The third-order valence-corrected chi connectivity index (χ3v) is 4.13. The van der Waals surface area contributed by atoms with Crippen LogP contribution in [0.1, 0.15) is 0 Å². The lowest BCUT2D eigenvalue weighted by molar-refractivity contribution is 0.629. The molecule has 0 amide bonds. The molecule has 0 aliphatic heterocycles. The van der Waals surface area contributed by atoms with E-state index in [4.69, 9.17) is 0 Å². The molecule has 0 saturated heterocycles. The summed E-state index contributed by atoms with van der Waals surface area (Å²) in [5, 5.41) is 0.427. The van der Waals surface area contributed by atoms with E-state index in [0.717, 1.165) is 5.30 Å². The molecule has 0 aliphatic rings. The minimum absolute atomic E-state index is 0.191. The molecule has 0 radical (unpaired) electrons. The second kappa shape index (κ2) is 3.80. The van der Waals surface area contributed by atoms with Crippen LogP contribution in [0, 0.1) is 5.82 Å². The van der Waals surface area contributed by atoms with Crippen molar-refractivity contribution in [3.63, 3.8) is 0 Å². The molecule has 0 nitrogen and oxygen atoms in total. The lowest BCUT2D eigenvalue weighted by Gasteiger charge is -1.99. The number of halogens is 3. The van der Waals surface area contributed by atoms with Gasteiger partial charge in [0.2, 0.25) is 0 Å². The molecule has 0 saturated carbocycles. The topological polar surface area (TPSA) is 0 Å². The van der Waals surface area contributed by atoms with E-state index in [2.05, 4.69) is 31.0 Å². The number of benzene rings is 1. The normalized spacial score (nSPS) is 10.4. The molecule has 0 aliphatic carbocycles. The molecule has 0 spiro atoms. The van der Waals surface area contributed by atoms with Gasteiger partial charge in [-0.2, -0.15) is 0 Å². The standard InChI is InChI=1S/C6H4Br2FP/c7-10(8)6-3-1-2-5(9)4-6/h1-4H. The molecular weight excluding hydrogens is 282 g/mol. The van der Waals surface area contributed by atoms with E-state index in [1.165, 1.54) is 12.1 Å². The summed E-state index contributed by atoms with van der Waals surface area (Å²) in [6.45, 7) is 0. The molecule has 54 valence electrons. The van der Waals surface area contributed by atoms with Crippen molar-refractivity contribution in [1.29, 1.82) is 0 Å². The summed E-state index contributed by atoms with van der Waals surface area (Å²) in [7, 11) is 0. The van der Waals surface area contributed by atoms with Gasteiger partial charge in [0.05, 0.1) is 5.33 Å². The van der Waals surface area contributed by atoms with Gasteiger partial charge in [0, 0.05) is 5.30 Å². The Balaban J connectivity index is 2.96. The highest BCUT2D eigenvalue weighted by Crippen LogP contribution is 2.50. The van der Waals surface area contributed by atoms with Crippen LogP contribution in [-0.4, -0.2) is 0 Å². The quantitative estimate of drug-likeness (QED) is 0.692. The van der Waals surface area contributed by atoms with Gasteiger partial charge in [-0.3, -0.25) is 0 Å². The first-order chi connectivity index (χ1) is 4.70. The molecule has 10 heavy (non-hydrogen) atoms. The van der Waals surface area contributed by atoms with Crippen LogP contribution in [0.2, 0.25) is 0 Å². The van der Waals surface area contributed by atoms with Crippen molar-refractivity contribution >= 4 is 41.6 Å². The second-order valence-electron chi connectivity index (χ2n) is 1.71. The van der Waals surface area contributed by atoms with E-state index >= 15 is 0 Å². The summed E-state index contributed by atoms with van der Waals surface area (Å²) in [5.41, 5.74) is 0. The fraction of sp³-hybridized carbons (Fsp3) is 0. The van der Waals surface area contributed by atoms with Crippen LogP contribution in [0.3, 0.4) is 0 Å². The summed E-state index contributed by atoms with van der Waals surface area (Å²) in [4.78, 5) is 0. The summed E-state index contributed by atoms with van der Waals surface area (Å²) >= 11 is 6.66. The Morgan fingerprint density at radius 1 is 1.30 bits per heavy atom. The molecule has 0 heterocycles. The van der Waals surface area contributed by atoms with E-state index in [1.807, 2.05) is 6.07 Å². The average Bonchev–Trinajstić information content (AvgIpc) is 1.88. The Bertz CT molecular complexity index is 227. The molecule has 0 atom stereocenters. The van der Waals surface area contributed by atoms with Crippen LogP contribution < -0.4 is 5.30 Å². The maximum atomic E-state index is 12.5. The zero-order valence-electron chi connectivity index (χ0n) is 4.89. The van der Waals surface area contributed by atoms with E-state index in [-0.39, 0.29) is 5.82 Å². The molecule has 0 aromatic heterocycles. The molecule has 1 rings (SSSR count). The maximum Gasteiger partial charge on any atom is 0.123 e. The lowest BCUT2D eigenvalue weighted by atomic mass is 10.4. The van der Waals surface area contributed by atoms with Crippen molar-refractivity contribution in [2.75, 3.05) is 0 Å². The summed E-state index contributed by atoms with van der Waals surface area (Å²) < 4.78 is 12.5. The molecule has 0 fully saturated rings. The number of hydrogen-bond acceptors (Lipinski definition) is 0. The van der Waals surface area contributed by atoms with Crippen LogP contribution in [0.4, 0.5) is 4.39 Å². The zero-order valence-corrected chi connectivity index (χ0v) is 8.96. The first-order valence-corrected chi connectivity index (χ1v) is 7.95. The largest absolute Gasteiger partial charge is 0.207 e. The van der Waals surface area contributed by atoms with Gasteiger partial charge in [-0.15, -0.1) is 0 Å². The number of hydrogen-bond donors (Lipinski definition) is 0. The lowest BCUT2D eigenvalue weighted by Crippen LogP contribution is -1.93. The summed E-state index contributed by atoms with van der Waals surface area (Å²) in [5.74, 6) is -0.191. The third kappa shape index (κ3) is 2.30. The van der Waals surface area contributed by atoms with Gasteiger partial charge in [0.1, 0.15) is 5.82 Å². The maximum absolute atomic E-state index is 12.5. The van der Waals surface area contributed by atoms with Gasteiger partial charge in [0.15, 0.2) is 0 Å². The first kappa shape index (κ1) is 8.63. The van der Waals surface area contributed by atoms with Gasteiger partial charge >= 0.3 is 0 Å². The van der Waals surface area contributed by atoms with Gasteiger partial charge in [-0.25, -0.2) is 4.39 Å².